The van der Waals surface area contributed by atoms with Crippen LogP contribution in [0, 0.1) is 17.2 Å². The molecule has 0 aromatic heterocycles. The van der Waals surface area contributed by atoms with Crippen molar-refractivity contribution >= 4 is 11.6 Å². The lowest BCUT2D eigenvalue weighted by molar-refractivity contribution is 0.350. The first-order chi connectivity index (χ1) is 4.66. The number of hydrogen-bond acceptors (Lipinski definition) is 1. The van der Waals surface area contributed by atoms with Gasteiger partial charge in [0.05, 0.1) is 6.07 Å². The van der Waals surface area contributed by atoms with E-state index in [0.29, 0.717) is 5.92 Å². The van der Waals surface area contributed by atoms with Gasteiger partial charge in [0.15, 0.2) is 0 Å². The summed E-state index contributed by atoms with van der Waals surface area (Å²) >= 11 is 5.99. The third-order valence-electron chi connectivity index (χ3n) is 2.14. The molecule has 0 saturated heterocycles. The highest BCUT2D eigenvalue weighted by Crippen LogP contribution is 2.36. The Hall–Kier alpha value is -0.220. The molecule has 0 N–H and O–H groups in total. The Morgan fingerprint density at radius 1 is 1.70 bits per heavy atom. The van der Waals surface area contributed by atoms with E-state index in [1.807, 2.05) is 0 Å². The summed E-state index contributed by atoms with van der Waals surface area (Å²) in [5.74, 6) is 0.630. The van der Waals surface area contributed by atoms with Crippen LogP contribution in [-0.2, 0) is 0 Å². The molecule has 0 spiro atoms. The summed E-state index contributed by atoms with van der Waals surface area (Å²) < 4.78 is 0. The number of rotatable bonds is 0. The van der Waals surface area contributed by atoms with Crippen LogP contribution in [-0.4, -0.2) is 4.87 Å². The lowest BCUT2D eigenvalue weighted by Crippen LogP contribution is -2.26. The quantitative estimate of drug-likeness (QED) is 0.496. The Morgan fingerprint density at radius 3 is 2.80 bits per heavy atom. The Kier molecular flexibility index (Phi) is 2.21. The van der Waals surface area contributed by atoms with Crippen molar-refractivity contribution in [2.75, 3.05) is 0 Å². The van der Waals surface area contributed by atoms with Gasteiger partial charge in [-0.3, -0.25) is 0 Å². The maximum absolute atomic E-state index is 8.69. The predicted octanol–water partition coefficient (Wildman–Crippen LogP) is 2.70. The Morgan fingerprint density at radius 2 is 2.40 bits per heavy atom. The molecular weight excluding hydrogens is 146 g/mol. The van der Waals surface area contributed by atoms with Gasteiger partial charge in [0.2, 0.25) is 0 Å². The second kappa shape index (κ2) is 2.80. The third-order valence-corrected chi connectivity index (χ3v) is 2.57. The normalized spacial score (nSPS) is 40.7. The minimum Gasteiger partial charge on any atom is -0.196 e. The molecule has 1 aliphatic carbocycles. The van der Waals surface area contributed by atoms with Crippen LogP contribution in [0.15, 0.2) is 0 Å². The number of alkyl halides is 1. The fourth-order valence-electron chi connectivity index (χ4n) is 1.59. The van der Waals surface area contributed by atoms with Gasteiger partial charge < -0.3 is 0 Å². The molecule has 1 saturated carbocycles. The van der Waals surface area contributed by atoms with Gasteiger partial charge in [-0.15, -0.1) is 11.6 Å². The molecule has 1 aliphatic rings. The van der Waals surface area contributed by atoms with Crippen molar-refractivity contribution in [1.29, 1.82) is 5.26 Å². The number of halogens is 1. The van der Waals surface area contributed by atoms with E-state index < -0.39 is 4.87 Å². The first-order valence-corrected chi connectivity index (χ1v) is 4.14. The number of nitrogens with zero attached hydrogens (tertiary/aromatic N) is 1. The van der Waals surface area contributed by atoms with Crippen LogP contribution < -0.4 is 0 Å². The number of hydrogen-bond donors (Lipinski definition) is 0. The van der Waals surface area contributed by atoms with E-state index in [1.54, 1.807) is 0 Å². The second-order valence-corrected chi connectivity index (χ2v) is 4.00. The van der Waals surface area contributed by atoms with E-state index in [2.05, 4.69) is 13.0 Å². The van der Waals surface area contributed by atoms with Crippen molar-refractivity contribution in [3.63, 3.8) is 0 Å². The fourth-order valence-corrected chi connectivity index (χ4v) is 1.99. The largest absolute Gasteiger partial charge is 0.196 e. The fraction of sp³-hybridized carbons (Fsp3) is 0.875. The van der Waals surface area contributed by atoms with E-state index >= 15 is 0 Å². The molecule has 0 radical (unpaired) electrons. The lowest BCUT2D eigenvalue weighted by atomic mass is 9.83. The molecule has 0 heterocycles. The van der Waals surface area contributed by atoms with Crippen LogP contribution >= 0.6 is 11.6 Å². The highest BCUT2D eigenvalue weighted by atomic mass is 35.5. The van der Waals surface area contributed by atoms with E-state index in [4.69, 9.17) is 16.9 Å². The molecule has 1 nitrogen and oxygen atoms in total. The van der Waals surface area contributed by atoms with Crippen molar-refractivity contribution < 1.29 is 0 Å². The van der Waals surface area contributed by atoms with Crippen LogP contribution in [0.2, 0.25) is 0 Å². The van der Waals surface area contributed by atoms with Crippen molar-refractivity contribution in [3.8, 4) is 6.07 Å². The van der Waals surface area contributed by atoms with Gasteiger partial charge >= 0.3 is 0 Å². The first kappa shape index (κ1) is 7.88. The summed E-state index contributed by atoms with van der Waals surface area (Å²) in [4.78, 5) is -0.530. The SMILES string of the molecule is CC1CCCC(Cl)(C#N)C1. The molecule has 1 fully saturated rings. The monoisotopic (exact) mass is 157 g/mol. The first-order valence-electron chi connectivity index (χ1n) is 3.76. The van der Waals surface area contributed by atoms with Crippen molar-refractivity contribution in [2.45, 2.75) is 37.5 Å². The molecule has 0 bridgehead atoms. The highest BCUT2D eigenvalue weighted by molar-refractivity contribution is 6.25. The summed E-state index contributed by atoms with van der Waals surface area (Å²) in [7, 11) is 0. The zero-order chi connectivity index (χ0) is 7.61. The van der Waals surface area contributed by atoms with Crippen molar-refractivity contribution in [2.24, 2.45) is 5.92 Å². The van der Waals surface area contributed by atoms with Crippen LogP contribution in [0.4, 0.5) is 0 Å². The Balaban J connectivity index is 2.56. The summed E-state index contributed by atoms with van der Waals surface area (Å²) in [5.41, 5.74) is 0. The van der Waals surface area contributed by atoms with Gasteiger partial charge in [0.25, 0.3) is 0 Å². The van der Waals surface area contributed by atoms with Crippen LogP contribution in [0.3, 0.4) is 0 Å². The molecule has 56 valence electrons. The van der Waals surface area contributed by atoms with Crippen LogP contribution in [0.25, 0.3) is 0 Å². The summed E-state index contributed by atoms with van der Waals surface area (Å²) in [6.45, 7) is 2.16. The second-order valence-electron chi connectivity index (χ2n) is 3.28. The van der Waals surface area contributed by atoms with Gasteiger partial charge in [-0.2, -0.15) is 5.26 Å². The van der Waals surface area contributed by atoms with Crippen molar-refractivity contribution in [1.82, 2.24) is 0 Å². The maximum Gasteiger partial charge on any atom is 0.131 e. The minimum atomic E-state index is -0.530. The summed E-state index contributed by atoms with van der Waals surface area (Å²) in [6.07, 6.45) is 4.08. The standard InChI is InChI=1S/C8H12ClN/c1-7-3-2-4-8(9,5-7)6-10/h7H,2-5H2,1H3. The predicted molar refractivity (Wildman–Crippen MR) is 41.8 cm³/mol. The molecule has 0 amide bonds. The molecule has 2 unspecified atom stereocenters. The van der Waals surface area contributed by atoms with Gasteiger partial charge in [-0.05, 0) is 18.8 Å². The third kappa shape index (κ3) is 1.64. The van der Waals surface area contributed by atoms with Gasteiger partial charge in [-0.1, -0.05) is 19.8 Å². The van der Waals surface area contributed by atoms with E-state index in [0.717, 1.165) is 19.3 Å². The van der Waals surface area contributed by atoms with Gasteiger partial charge in [0.1, 0.15) is 4.87 Å². The molecule has 0 aromatic carbocycles. The average molecular weight is 158 g/mol. The molecule has 0 aliphatic heterocycles. The molecule has 1 rings (SSSR count). The highest BCUT2D eigenvalue weighted by Gasteiger charge is 2.32. The van der Waals surface area contributed by atoms with Crippen LogP contribution in [0.5, 0.6) is 0 Å². The van der Waals surface area contributed by atoms with E-state index in [-0.39, 0.29) is 0 Å². The van der Waals surface area contributed by atoms with Crippen molar-refractivity contribution in [3.05, 3.63) is 0 Å². The lowest BCUT2D eigenvalue weighted by Gasteiger charge is -2.28. The molecule has 0 aromatic rings. The van der Waals surface area contributed by atoms with Gasteiger partial charge in [-0.25, -0.2) is 0 Å². The Labute approximate surface area is 67.0 Å². The van der Waals surface area contributed by atoms with Gasteiger partial charge in [0, 0.05) is 0 Å². The zero-order valence-corrected chi connectivity index (χ0v) is 6.99. The maximum atomic E-state index is 8.69. The molecular formula is C8H12ClN. The topological polar surface area (TPSA) is 23.8 Å². The van der Waals surface area contributed by atoms with E-state index in [9.17, 15) is 0 Å². The van der Waals surface area contributed by atoms with Crippen LogP contribution in [0.1, 0.15) is 32.6 Å². The summed E-state index contributed by atoms with van der Waals surface area (Å²) in [5, 5.41) is 8.69. The zero-order valence-electron chi connectivity index (χ0n) is 6.23. The molecule has 2 atom stereocenters. The minimum absolute atomic E-state index is 0.530. The Bertz CT molecular complexity index is 161. The number of nitriles is 1. The molecule has 10 heavy (non-hydrogen) atoms. The van der Waals surface area contributed by atoms with E-state index in [1.165, 1.54) is 6.42 Å². The average Bonchev–Trinajstić information content (AvgIpc) is 1.88. The summed E-state index contributed by atoms with van der Waals surface area (Å²) in [6, 6.07) is 2.18. The molecule has 2 heteroatoms. The smallest absolute Gasteiger partial charge is 0.131 e.